The molecule has 18 heavy (non-hydrogen) atoms. The van der Waals surface area contributed by atoms with Gasteiger partial charge in [-0.1, -0.05) is 6.07 Å². The van der Waals surface area contributed by atoms with Crippen LogP contribution in [0.3, 0.4) is 0 Å². The van der Waals surface area contributed by atoms with Gasteiger partial charge in [0.1, 0.15) is 17.6 Å². The summed E-state index contributed by atoms with van der Waals surface area (Å²) in [5.74, 6) is 1.55. The molecule has 3 nitrogen and oxygen atoms in total. The topological polar surface area (TPSA) is 44.5 Å². The molecule has 0 radical (unpaired) electrons. The number of thiophene rings is 1. The third-order valence-electron chi connectivity index (χ3n) is 2.48. The van der Waals surface area contributed by atoms with Crippen LogP contribution in [0, 0.1) is 0 Å². The zero-order valence-corrected chi connectivity index (χ0v) is 12.3. The summed E-state index contributed by atoms with van der Waals surface area (Å²) in [7, 11) is 1.64. The molecule has 0 aliphatic rings. The van der Waals surface area contributed by atoms with Crippen LogP contribution in [-0.2, 0) is 0 Å². The number of rotatable bonds is 5. The fourth-order valence-corrected chi connectivity index (χ4v) is 2.77. The normalized spacial score (nSPS) is 12.2. The molecule has 1 aromatic heterocycles. The van der Waals surface area contributed by atoms with E-state index in [2.05, 4.69) is 15.9 Å². The van der Waals surface area contributed by atoms with E-state index in [0.29, 0.717) is 6.54 Å². The molecule has 1 heterocycles. The number of halogens is 1. The lowest BCUT2D eigenvalue weighted by atomic mass is 10.2. The molecule has 2 aromatic rings. The van der Waals surface area contributed by atoms with Crippen molar-refractivity contribution in [3.63, 3.8) is 0 Å². The van der Waals surface area contributed by atoms with Gasteiger partial charge >= 0.3 is 0 Å². The Labute approximate surface area is 119 Å². The molecule has 1 atom stereocenters. The highest BCUT2D eigenvalue weighted by molar-refractivity contribution is 9.10. The fraction of sp³-hybridized carbons (Fsp3) is 0.231. The minimum Gasteiger partial charge on any atom is -0.497 e. The van der Waals surface area contributed by atoms with Crippen LogP contribution in [0.15, 0.2) is 40.2 Å². The zero-order valence-electron chi connectivity index (χ0n) is 9.93. The molecule has 1 aromatic carbocycles. The quantitative estimate of drug-likeness (QED) is 0.912. The van der Waals surface area contributed by atoms with Crippen molar-refractivity contribution in [1.29, 1.82) is 0 Å². The van der Waals surface area contributed by atoms with E-state index >= 15 is 0 Å². The first-order valence-electron chi connectivity index (χ1n) is 5.48. The van der Waals surface area contributed by atoms with E-state index < -0.39 is 0 Å². The number of hydrogen-bond donors (Lipinski definition) is 1. The van der Waals surface area contributed by atoms with Crippen LogP contribution in [0.4, 0.5) is 0 Å². The maximum Gasteiger partial charge on any atom is 0.145 e. The summed E-state index contributed by atoms with van der Waals surface area (Å²) >= 11 is 5.11. The minimum absolute atomic E-state index is 0.116. The van der Waals surface area contributed by atoms with Crippen LogP contribution in [0.5, 0.6) is 11.5 Å². The van der Waals surface area contributed by atoms with Gasteiger partial charge in [0, 0.05) is 11.4 Å². The first-order chi connectivity index (χ1) is 8.74. The van der Waals surface area contributed by atoms with Crippen molar-refractivity contribution < 1.29 is 9.47 Å². The highest BCUT2D eigenvalue weighted by Gasteiger charge is 2.14. The van der Waals surface area contributed by atoms with Crippen LogP contribution in [-0.4, -0.2) is 13.7 Å². The molecule has 1 unspecified atom stereocenters. The van der Waals surface area contributed by atoms with Crippen molar-refractivity contribution in [2.75, 3.05) is 13.7 Å². The smallest absolute Gasteiger partial charge is 0.145 e. The van der Waals surface area contributed by atoms with Gasteiger partial charge in [0.25, 0.3) is 0 Å². The Balaban J connectivity index is 2.17. The van der Waals surface area contributed by atoms with E-state index in [1.165, 1.54) is 0 Å². The molecule has 2 rings (SSSR count). The second-order valence-electron chi connectivity index (χ2n) is 3.65. The van der Waals surface area contributed by atoms with Gasteiger partial charge in [0.2, 0.25) is 0 Å². The van der Waals surface area contributed by atoms with Gasteiger partial charge in [0.05, 0.1) is 11.6 Å². The van der Waals surface area contributed by atoms with Gasteiger partial charge in [-0.15, -0.1) is 11.3 Å². The number of hydrogen-bond acceptors (Lipinski definition) is 4. The number of benzene rings is 1. The summed E-state index contributed by atoms with van der Waals surface area (Å²) in [6.45, 7) is 0.443. The minimum atomic E-state index is -0.116. The summed E-state index contributed by atoms with van der Waals surface area (Å²) in [6.07, 6.45) is -0.116. The Hall–Kier alpha value is -1.04. The second kappa shape index (κ2) is 6.22. The molecule has 96 valence electrons. The first-order valence-corrected chi connectivity index (χ1v) is 7.15. The van der Waals surface area contributed by atoms with Crippen molar-refractivity contribution in [2.24, 2.45) is 5.73 Å². The van der Waals surface area contributed by atoms with Crippen LogP contribution >= 0.6 is 27.3 Å². The summed E-state index contributed by atoms with van der Waals surface area (Å²) in [4.78, 5) is 1.13. The van der Waals surface area contributed by atoms with Crippen molar-refractivity contribution >= 4 is 27.3 Å². The lowest BCUT2D eigenvalue weighted by Gasteiger charge is -2.17. The SMILES string of the molecule is COc1ccc(OC(CN)c2cccs2)c(Br)c1. The summed E-state index contributed by atoms with van der Waals surface area (Å²) in [5, 5.41) is 2.02. The lowest BCUT2D eigenvalue weighted by molar-refractivity contribution is 0.216. The Bertz CT molecular complexity index is 502. The van der Waals surface area contributed by atoms with Gasteiger partial charge < -0.3 is 15.2 Å². The van der Waals surface area contributed by atoms with E-state index in [9.17, 15) is 0 Å². The van der Waals surface area contributed by atoms with Crippen molar-refractivity contribution in [2.45, 2.75) is 6.10 Å². The number of nitrogens with two attached hydrogens (primary N) is 1. The lowest BCUT2D eigenvalue weighted by Crippen LogP contribution is -2.17. The summed E-state index contributed by atoms with van der Waals surface area (Å²) < 4.78 is 11.9. The third kappa shape index (κ3) is 3.04. The predicted molar refractivity (Wildman–Crippen MR) is 77.4 cm³/mol. The molecular weight excluding hydrogens is 314 g/mol. The highest BCUT2D eigenvalue weighted by Crippen LogP contribution is 2.33. The fourth-order valence-electron chi connectivity index (χ4n) is 1.55. The van der Waals surface area contributed by atoms with Crippen molar-refractivity contribution in [3.05, 3.63) is 45.1 Å². The molecule has 0 aliphatic carbocycles. The van der Waals surface area contributed by atoms with Crippen LogP contribution < -0.4 is 15.2 Å². The summed E-state index contributed by atoms with van der Waals surface area (Å²) in [5.41, 5.74) is 5.76. The van der Waals surface area contributed by atoms with Crippen LogP contribution in [0.25, 0.3) is 0 Å². The average molecular weight is 328 g/mol. The van der Waals surface area contributed by atoms with E-state index in [0.717, 1.165) is 20.8 Å². The molecule has 0 amide bonds. The second-order valence-corrected chi connectivity index (χ2v) is 5.49. The standard InChI is InChI=1S/C13H14BrNO2S/c1-16-9-4-5-11(10(14)7-9)17-12(8-15)13-3-2-6-18-13/h2-7,12H,8,15H2,1H3. The van der Waals surface area contributed by atoms with E-state index in [1.54, 1.807) is 18.4 Å². The summed E-state index contributed by atoms with van der Waals surface area (Å²) in [6, 6.07) is 9.63. The zero-order chi connectivity index (χ0) is 13.0. The molecule has 0 bridgehead atoms. The predicted octanol–water partition coefficient (Wildman–Crippen LogP) is 3.60. The third-order valence-corrected chi connectivity index (χ3v) is 4.07. The monoisotopic (exact) mass is 327 g/mol. The average Bonchev–Trinajstić information content (AvgIpc) is 2.91. The first kappa shape index (κ1) is 13.4. The maximum atomic E-state index is 5.92. The Kier molecular flexibility index (Phi) is 4.63. The Morgan fingerprint density at radius 3 is 2.78 bits per heavy atom. The Morgan fingerprint density at radius 2 is 2.22 bits per heavy atom. The Morgan fingerprint density at radius 1 is 1.39 bits per heavy atom. The van der Waals surface area contributed by atoms with Crippen molar-refractivity contribution in [1.82, 2.24) is 0 Å². The maximum absolute atomic E-state index is 5.92. The molecule has 0 saturated heterocycles. The van der Waals surface area contributed by atoms with E-state index in [4.69, 9.17) is 15.2 Å². The largest absolute Gasteiger partial charge is 0.497 e. The van der Waals surface area contributed by atoms with E-state index in [1.807, 2.05) is 35.7 Å². The molecular formula is C13H14BrNO2S. The van der Waals surface area contributed by atoms with Crippen LogP contribution in [0.2, 0.25) is 0 Å². The number of ether oxygens (including phenoxy) is 2. The molecule has 0 aliphatic heterocycles. The highest BCUT2D eigenvalue weighted by atomic mass is 79.9. The molecule has 2 N–H and O–H groups in total. The molecule has 0 spiro atoms. The van der Waals surface area contributed by atoms with Gasteiger partial charge in [-0.3, -0.25) is 0 Å². The van der Waals surface area contributed by atoms with Gasteiger partial charge in [-0.2, -0.15) is 0 Å². The van der Waals surface area contributed by atoms with Crippen LogP contribution in [0.1, 0.15) is 11.0 Å². The van der Waals surface area contributed by atoms with Crippen molar-refractivity contribution in [3.8, 4) is 11.5 Å². The molecule has 0 saturated carbocycles. The van der Waals surface area contributed by atoms with Gasteiger partial charge in [-0.25, -0.2) is 0 Å². The van der Waals surface area contributed by atoms with Gasteiger partial charge in [-0.05, 0) is 45.6 Å². The molecule has 0 fully saturated rings. The molecule has 5 heteroatoms. The van der Waals surface area contributed by atoms with Gasteiger partial charge in [0.15, 0.2) is 0 Å². The van der Waals surface area contributed by atoms with E-state index in [-0.39, 0.29) is 6.10 Å². The number of methoxy groups -OCH3 is 1.